The maximum atomic E-state index is 11.3. The molecule has 1 aromatic rings. The molecule has 0 N–H and O–H groups in total. The summed E-state index contributed by atoms with van der Waals surface area (Å²) in [5, 5.41) is 22.1. The molecule has 0 unspecified atom stereocenters. The van der Waals surface area contributed by atoms with Crippen molar-refractivity contribution in [2.45, 2.75) is 57.2 Å². The normalized spacial score (nSPS) is 19.8. The summed E-state index contributed by atoms with van der Waals surface area (Å²) in [5.74, 6) is 0. The second-order valence-electron chi connectivity index (χ2n) is 6.77. The summed E-state index contributed by atoms with van der Waals surface area (Å²) < 4.78 is 6.19. The number of ether oxygens (including phenoxy) is 1. The zero-order chi connectivity index (χ0) is 17.8. The summed E-state index contributed by atoms with van der Waals surface area (Å²) in [6, 6.07) is 3.85. The monoisotopic (exact) mass is 349 g/mol. The van der Waals surface area contributed by atoms with Crippen LogP contribution in [0, 0.1) is 20.2 Å². The van der Waals surface area contributed by atoms with Crippen molar-refractivity contribution in [1.82, 2.24) is 0 Å². The highest BCUT2D eigenvalue weighted by atomic mass is 16.6. The Morgan fingerprint density at radius 2 is 1.56 bits per heavy atom. The fraction of sp³-hybridized carbons (Fsp3) is 0.647. The first-order valence-corrected chi connectivity index (χ1v) is 8.88. The van der Waals surface area contributed by atoms with E-state index in [1.807, 2.05) is 4.90 Å². The number of benzene rings is 1. The van der Waals surface area contributed by atoms with E-state index < -0.39 is 9.85 Å². The lowest BCUT2D eigenvalue weighted by Gasteiger charge is -2.35. The van der Waals surface area contributed by atoms with Crippen molar-refractivity contribution >= 4 is 17.1 Å². The van der Waals surface area contributed by atoms with Gasteiger partial charge >= 0.3 is 0 Å². The van der Waals surface area contributed by atoms with Gasteiger partial charge in [-0.2, -0.15) is 0 Å². The Hall–Kier alpha value is -2.22. The number of nitrogens with zero attached hydrogens (tertiary/aromatic N) is 3. The van der Waals surface area contributed by atoms with Gasteiger partial charge in [0.1, 0.15) is 5.69 Å². The van der Waals surface area contributed by atoms with Gasteiger partial charge in [-0.3, -0.25) is 20.2 Å². The van der Waals surface area contributed by atoms with Gasteiger partial charge in [-0.15, -0.1) is 0 Å². The van der Waals surface area contributed by atoms with Crippen LogP contribution in [-0.4, -0.2) is 35.1 Å². The molecule has 3 rings (SSSR count). The molecule has 0 spiro atoms. The van der Waals surface area contributed by atoms with E-state index in [9.17, 15) is 20.2 Å². The van der Waals surface area contributed by atoms with E-state index in [0.29, 0.717) is 24.9 Å². The number of piperidine rings is 1. The Bertz CT molecular complexity index is 637. The highest BCUT2D eigenvalue weighted by Gasteiger charge is 2.28. The molecule has 2 aliphatic rings. The standard InChI is InChI=1S/C17H23N3O5/c21-19(22)13-6-7-16(17(12-13)20(23)24)18-10-8-15(9-11-18)25-14-4-2-1-3-5-14/h6-7,12,14-15H,1-5,8-11H2. The molecule has 8 heteroatoms. The van der Waals surface area contributed by atoms with Crippen LogP contribution < -0.4 is 4.90 Å². The molecule has 1 saturated heterocycles. The Morgan fingerprint density at radius 3 is 2.16 bits per heavy atom. The molecule has 1 aromatic carbocycles. The Morgan fingerprint density at radius 1 is 0.920 bits per heavy atom. The van der Waals surface area contributed by atoms with Gasteiger partial charge < -0.3 is 9.64 Å². The molecule has 0 radical (unpaired) electrons. The molecule has 1 saturated carbocycles. The molecule has 0 amide bonds. The van der Waals surface area contributed by atoms with Crippen molar-refractivity contribution in [2.24, 2.45) is 0 Å². The topological polar surface area (TPSA) is 98.8 Å². The highest BCUT2D eigenvalue weighted by Crippen LogP contribution is 2.34. The third kappa shape index (κ3) is 4.25. The fourth-order valence-corrected chi connectivity index (χ4v) is 3.75. The van der Waals surface area contributed by atoms with E-state index in [-0.39, 0.29) is 17.5 Å². The average molecular weight is 349 g/mol. The number of anilines is 1. The average Bonchev–Trinajstić information content (AvgIpc) is 2.62. The minimum absolute atomic E-state index is 0.205. The first kappa shape index (κ1) is 17.6. The largest absolute Gasteiger partial charge is 0.375 e. The number of nitro benzene ring substituents is 2. The predicted molar refractivity (Wildman–Crippen MR) is 92.9 cm³/mol. The predicted octanol–water partition coefficient (Wildman–Crippen LogP) is 3.82. The summed E-state index contributed by atoms with van der Waals surface area (Å²) >= 11 is 0. The van der Waals surface area contributed by atoms with Gasteiger partial charge in [-0.1, -0.05) is 19.3 Å². The summed E-state index contributed by atoms with van der Waals surface area (Å²) in [4.78, 5) is 22.9. The van der Waals surface area contributed by atoms with Crippen molar-refractivity contribution in [1.29, 1.82) is 0 Å². The maximum absolute atomic E-state index is 11.3. The van der Waals surface area contributed by atoms with E-state index >= 15 is 0 Å². The van der Waals surface area contributed by atoms with Crippen LogP contribution in [0.5, 0.6) is 0 Å². The molecule has 1 aliphatic carbocycles. The van der Waals surface area contributed by atoms with E-state index in [2.05, 4.69) is 0 Å². The molecule has 0 aromatic heterocycles. The Labute approximate surface area is 146 Å². The summed E-state index contributed by atoms with van der Waals surface area (Å²) in [7, 11) is 0. The van der Waals surface area contributed by atoms with E-state index in [4.69, 9.17) is 4.74 Å². The van der Waals surface area contributed by atoms with E-state index in [0.717, 1.165) is 31.7 Å². The SMILES string of the molecule is O=[N+]([O-])c1ccc(N2CCC(OC3CCCCC3)CC2)c([N+](=O)[O-])c1. The van der Waals surface area contributed by atoms with Crippen molar-refractivity contribution < 1.29 is 14.6 Å². The Balaban J connectivity index is 1.64. The molecule has 2 fully saturated rings. The number of nitro groups is 2. The second kappa shape index (κ2) is 7.77. The number of hydrogen-bond donors (Lipinski definition) is 0. The lowest BCUT2D eigenvalue weighted by molar-refractivity contribution is -0.393. The van der Waals surface area contributed by atoms with Gasteiger partial charge in [-0.05, 0) is 31.7 Å². The van der Waals surface area contributed by atoms with Crippen molar-refractivity contribution in [2.75, 3.05) is 18.0 Å². The zero-order valence-electron chi connectivity index (χ0n) is 14.1. The summed E-state index contributed by atoms with van der Waals surface area (Å²) in [6.07, 6.45) is 8.24. The van der Waals surface area contributed by atoms with Crippen molar-refractivity contribution in [3.8, 4) is 0 Å². The molecule has 0 bridgehead atoms. The quantitative estimate of drug-likeness (QED) is 0.592. The molecular weight excluding hydrogens is 326 g/mol. The van der Waals surface area contributed by atoms with E-state index in [1.165, 1.54) is 31.4 Å². The fourth-order valence-electron chi connectivity index (χ4n) is 3.75. The first-order chi connectivity index (χ1) is 12.0. The minimum Gasteiger partial charge on any atom is -0.375 e. The summed E-state index contributed by atoms with van der Waals surface area (Å²) in [6.45, 7) is 1.33. The molecule has 8 nitrogen and oxygen atoms in total. The Kier molecular flexibility index (Phi) is 5.47. The molecule has 0 atom stereocenters. The van der Waals surface area contributed by atoms with Gasteiger partial charge in [0.2, 0.25) is 0 Å². The summed E-state index contributed by atoms with van der Waals surface area (Å²) in [5.41, 5.74) is -0.0152. The van der Waals surface area contributed by atoms with Crippen LogP contribution in [-0.2, 0) is 4.74 Å². The van der Waals surface area contributed by atoms with Crippen molar-refractivity contribution in [3.05, 3.63) is 38.4 Å². The number of rotatable bonds is 5. The second-order valence-corrected chi connectivity index (χ2v) is 6.77. The van der Waals surface area contributed by atoms with Crippen LogP contribution in [0.2, 0.25) is 0 Å². The third-order valence-corrected chi connectivity index (χ3v) is 5.09. The van der Waals surface area contributed by atoms with Crippen LogP contribution in [0.1, 0.15) is 44.9 Å². The first-order valence-electron chi connectivity index (χ1n) is 8.88. The molecule has 25 heavy (non-hydrogen) atoms. The molecule has 1 heterocycles. The molecule has 1 aliphatic heterocycles. The van der Waals surface area contributed by atoms with Gasteiger partial charge in [0.15, 0.2) is 0 Å². The van der Waals surface area contributed by atoms with Crippen LogP contribution in [0.25, 0.3) is 0 Å². The smallest absolute Gasteiger partial charge is 0.299 e. The van der Waals surface area contributed by atoms with Gasteiger partial charge in [0.25, 0.3) is 11.4 Å². The van der Waals surface area contributed by atoms with Gasteiger partial charge in [0, 0.05) is 19.2 Å². The zero-order valence-corrected chi connectivity index (χ0v) is 14.1. The number of non-ortho nitro benzene ring substituents is 1. The molecule has 136 valence electrons. The van der Waals surface area contributed by atoms with Gasteiger partial charge in [0.05, 0.1) is 28.1 Å². The van der Waals surface area contributed by atoms with E-state index in [1.54, 1.807) is 0 Å². The molecular formula is C17H23N3O5. The van der Waals surface area contributed by atoms with Crippen LogP contribution in [0.4, 0.5) is 17.1 Å². The van der Waals surface area contributed by atoms with Crippen LogP contribution in [0.15, 0.2) is 18.2 Å². The minimum atomic E-state index is -0.610. The van der Waals surface area contributed by atoms with Crippen LogP contribution >= 0.6 is 0 Å². The lowest BCUT2D eigenvalue weighted by atomic mass is 9.97. The van der Waals surface area contributed by atoms with Gasteiger partial charge in [-0.25, -0.2) is 0 Å². The van der Waals surface area contributed by atoms with Crippen LogP contribution in [0.3, 0.4) is 0 Å². The van der Waals surface area contributed by atoms with Crippen molar-refractivity contribution in [3.63, 3.8) is 0 Å². The lowest BCUT2D eigenvalue weighted by Crippen LogP contribution is -2.39. The third-order valence-electron chi connectivity index (χ3n) is 5.09. The maximum Gasteiger partial charge on any atom is 0.299 e. The highest BCUT2D eigenvalue weighted by molar-refractivity contribution is 5.67. The number of hydrogen-bond acceptors (Lipinski definition) is 6.